The van der Waals surface area contributed by atoms with Gasteiger partial charge in [0, 0.05) is 28.9 Å². The van der Waals surface area contributed by atoms with Crippen molar-refractivity contribution in [3.63, 3.8) is 0 Å². The number of piperidine rings is 1. The summed E-state index contributed by atoms with van der Waals surface area (Å²) in [5, 5.41) is 8.09. The Kier molecular flexibility index (Phi) is 5.85. The van der Waals surface area contributed by atoms with E-state index in [1.165, 1.54) is 31.3 Å². The number of nitrogens with zero attached hydrogens (tertiary/aromatic N) is 2. The van der Waals surface area contributed by atoms with Crippen LogP contribution in [0.3, 0.4) is 0 Å². The van der Waals surface area contributed by atoms with Crippen molar-refractivity contribution in [1.82, 2.24) is 15.3 Å². The number of aromatic nitrogens is 2. The monoisotopic (exact) mass is 418 g/mol. The van der Waals surface area contributed by atoms with Crippen LogP contribution in [0.25, 0.3) is 10.9 Å². The molecule has 0 amide bonds. The number of rotatable bonds is 5. The molecule has 8 heteroatoms. The van der Waals surface area contributed by atoms with Crippen LogP contribution >= 0.6 is 23.4 Å². The first kappa shape index (κ1) is 19.2. The second kappa shape index (κ2) is 8.51. The molecule has 1 unspecified atom stereocenters. The summed E-state index contributed by atoms with van der Waals surface area (Å²) in [6.07, 6.45) is 3.84. The lowest BCUT2D eigenvalue weighted by Gasteiger charge is -2.23. The predicted octanol–water partition coefficient (Wildman–Crippen LogP) is 5.02. The quantitative estimate of drug-likeness (QED) is 0.606. The number of ether oxygens (including phenoxy) is 1. The number of benzene rings is 2. The summed E-state index contributed by atoms with van der Waals surface area (Å²) in [6, 6.07) is 8.48. The van der Waals surface area contributed by atoms with E-state index in [-0.39, 0.29) is 5.02 Å². The highest BCUT2D eigenvalue weighted by Gasteiger charge is 2.18. The van der Waals surface area contributed by atoms with Crippen molar-refractivity contribution in [1.29, 1.82) is 0 Å². The molecular formula is C20H20ClFN4OS. The zero-order valence-corrected chi connectivity index (χ0v) is 16.9. The van der Waals surface area contributed by atoms with Crippen molar-refractivity contribution in [2.24, 2.45) is 0 Å². The molecule has 0 aliphatic carbocycles. The third kappa shape index (κ3) is 4.16. The molecule has 2 aromatic carbocycles. The molecule has 28 heavy (non-hydrogen) atoms. The summed E-state index contributed by atoms with van der Waals surface area (Å²) in [6.45, 7) is 2.06. The summed E-state index contributed by atoms with van der Waals surface area (Å²) >= 11 is 7.71. The first-order valence-corrected chi connectivity index (χ1v) is 10.3. The van der Waals surface area contributed by atoms with Crippen molar-refractivity contribution in [3.05, 3.63) is 47.5 Å². The van der Waals surface area contributed by atoms with Gasteiger partial charge in [-0.1, -0.05) is 11.6 Å². The van der Waals surface area contributed by atoms with Gasteiger partial charge in [0.05, 0.1) is 22.5 Å². The van der Waals surface area contributed by atoms with Crippen molar-refractivity contribution < 1.29 is 9.13 Å². The standard InChI is InChI=1S/C20H20ClFN4OS/c1-27-18-9-17-14(8-19(18)28-13-3-2-6-23-10-13)20(25-11-24-17)26-12-4-5-16(22)15(21)7-12/h4-5,7-9,11,13,23H,2-3,6,10H2,1H3,(H,24,25,26). The maximum Gasteiger partial charge on any atom is 0.141 e. The Morgan fingerprint density at radius 1 is 1.29 bits per heavy atom. The van der Waals surface area contributed by atoms with E-state index in [0.29, 0.717) is 16.8 Å². The molecule has 5 nitrogen and oxygen atoms in total. The number of thioether (sulfide) groups is 1. The lowest BCUT2D eigenvalue weighted by Crippen LogP contribution is -2.31. The number of fused-ring (bicyclic) bond motifs is 1. The van der Waals surface area contributed by atoms with Crippen LogP contribution < -0.4 is 15.4 Å². The highest BCUT2D eigenvalue weighted by atomic mass is 35.5. The average molecular weight is 419 g/mol. The van der Waals surface area contributed by atoms with Gasteiger partial charge in [-0.05, 0) is 43.7 Å². The molecule has 2 heterocycles. The SMILES string of the molecule is COc1cc2ncnc(Nc3ccc(F)c(Cl)c3)c2cc1SC1CCCNC1. The minimum Gasteiger partial charge on any atom is -0.496 e. The first-order valence-electron chi connectivity index (χ1n) is 9.06. The molecule has 0 spiro atoms. The van der Waals surface area contributed by atoms with E-state index in [4.69, 9.17) is 16.3 Å². The van der Waals surface area contributed by atoms with Crippen LogP contribution in [0, 0.1) is 5.82 Å². The van der Waals surface area contributed by atoms with Crippen LogP contribution in [0.1, 0.15) is 12.8 Å². The van der Waals surface area contributed by atoms with E-state index >= 15 is 0 Å². The van der Waals surface area contributed by atoms with E-state index < -0.39 is 5.82 Å². The molecule has 1 aliphatic heterocycles. The Balaban J connectivity index is 1.70. The smallest absolute Gasteiger partial charge is 0.141 e. The lowest BCUT2D eigenvalue weighted by atomic mass is 10.2. The molecule has 1 aromatic heterocycles. The third-order valence-electron chi connectivity index (χ3n) is 4.65. The van der Waals surface area contributed by atoms with Gasteiger partial charge in [0.15, 0.2) is 0 Å². The molecule has 0 bridgehead atoms. The largest absolute Gasteiger partial charge is 0.496 e. The molecule has 1 fully saturated rings. The summed E-state index contributed by atoms with van der Waals surface area (Å²) in [4.78, 5) is 9.80. The van der Waals surface area contributed by atoms with E-state index in [1.54, 1.807) is 13.2 Å². The topological polar surface area (TPSA) is 59.1 Å². The molecule has 4 rings (SSSR count). The average Bonchev–Trinajstić information content (AvgIpc) is 2.71. The molecule has 1 saturated heterocycles. The molecular weight excluding hydrogens is 399 g/mol. The molecule has 0 radical (unpaired) electrons. The van der Waals surface area contributed by atoms with Crippen LogP contribution in [-0.2, 0) is 0 Å². The van der Waals surface area contributed by atoms with Crippen molar-refractivity contribution in [2.75, 3.05) is 25.5 Å². The van der Waals surface area contributed by atoms with Crippen LogP contribution in [0.15, 0.2) is 41.6 Å². The Hall–Kier alpha value is -2.09. The number of nitrogens with one attached hydrogen (secondary N) is 2. The number of hydrogen-bond donors (Lipinski definition) is 2. The van der Waals surface area contributed by atoms with Gasteiger partial charge in [-0.2, -0.15) is 0 Å². The van der Waals surface area contributed by atoms with Crippen molar-refractivity contribution in [2.45, 2.75) is 23.0 Å². The molecule has 0 saturated carbocycles. The van der Waals surface area contributed by atoms with Crippen LogP contribution in [-0.4, -0.2) is 35.4 Å². The Labute approximate surface area is 172 Å². The number of hydrogen-bond acceptors (Lipinski definition) is 6. The summed E-state index contributed by atoms with van der Waals surface area (Å²) < 4.78 is 19.0. The van der Waals surface area contributed by atoms with E-state index in [1.807, 2.05) is 17.8 Å². The zero-order chi connectivity index (χ0) is 19.5. The fraction of sp³-hybridized carbons (Fsp3) is 0.300. The maximum atomic E-state index is 13.4. The predicted molar refractivity (Wildman–Crippen MR) is 113 cm³/mol. The van der Waals surface area contributed by atoms with Gasteiger partial charge in [0.1, 0.15) is 23.7 Å². The zero-order valence-electron chi connectivity index (χ0n) is 15.3. The van der Waals surface area contributed by atoms with E-state index in [0.717, 1.165) is 34.6 Å². The summed E-state index contributed by atoms with van der Waals surface area (Å²) in [5.74, 6) is 0.987. The van der Waals surface area contributed by atoms with Gasteiger partial charge in [0.2, 0.25) is 0 Å². The summed E-state index contributed by atoms with van der Waals surface area (Å²) in [7, 11) is 1.67. The van der Waals surface area contributed by atoms with Gasteiger partial charge < -0.3 is 15.4 Å². The van der Waals surface area contributed by atoms with Gasteiger partial charge in [-0.25, -0.2) is 14.4 Å². The second-order valence-electron chi connectivity index (χ2n) is 6.58. The summed E-state index contributed by atoms with van der Waals surface area (Å²) in [5.41, 5.74) is 1.43. The first-order chi connectivity index (χ1) is 13.6. The number of methoxy groups -OCH3 is 1. The van der Waals surface area contributed by atoms with Gasteiger partial charge >= 0.3 is 0 Å². The van der Waals surface area contributed by atoms with Gasteiger partial charge in [-0.15, -0.1) is 11.8 Å². The van der Waals surface area contributed by atoms with Gasteiger partial charge in [0.25, 0.3) is 0 Å². The van der Waals surface area contributed by atoms with Crippen molar-refractivity contribution in [3.8, 4) is 5.75 Å². The van der Waals surface area contributed by atoms with Crippen LogP contribution in [0.4, 0.5) is 15.9 Å². The van der Waals surface area contributed by atoms with Gasteiger partial charge in [-0.3, -0.25) is 0 Å². The Morgan fingerprint density at radius 3 is 2.93 bits per heavy atom. The highest BCUT2D eigenvalue weighted by Crippen LogP contribution is 2.38. The van der Waals surface area contributed by atoms with E-state index in [9.17, 15) is 4.39 Å². The molecule has 2 N–H and O–H groups in total. The maximum absolute atomic E-state index is 13.4. The highest BCUT2D eigenvalue weighted by molar-refractivity contribution is 8.00. The molecule has 3 aromatic rings. The normalized spacial score (nSPS) is 16.9. The fourth-order valence-electron chi connectivity index (χ4n) is 3.23. The number of anilines is 2. The fourth-order valence-corrected chi connectivity index (χ4v) is 4.70. The van der Waals surface area contributed by atoms with Crippen molar-refractivity contribution >= 4 is 45.8 Å². The minimum atomic E-state index is -0.454. The molecule has 146 valence electrons. The van der Waals surface area contributed by atoms with Crippen LogP contribution in [0.5, 0.6) is 5.75 Å². The van der Waals surface area contributed by atoms with Crippen LogP contribution in [0.2, 0.25) is 5.02 Å². The lowest BCUT2D eigenvalue weighted by molar-refractivity contribution is 0.405. The third-order valence-corrected chi connectivity index (χ3v) is 6.25. The Morgan fingerprint density at radius 2 is 2.18 bits per heavy atom. The molecule has 1 aliphatic rings. The van der Waals surface area contributed by atoms with E-state index in [2.05, 4.69) is 26.7 Å². The molecule has 1 atom stereocenters. The Bertz CT molecular complexity index is 997. The number of halogens is 2. The minimum absolute atomic E-state index is 0.0612. The second-order valence-corrected chi connectivity index (χ2v) is 8.33.